The summed E-state index contributed by atoms with van der Waals surface area (Å²) in [5, 5.41) is 0. The molecule has 0 radical (unpaired) electrons. The van der Waals surface area contributed by atoms with Gasteiger partial charge in [0, 0.05) is 0 Å². The fraction of sp³-hybridized carbons (Fsp3) is 0.636. The average Bonchev–Trinajstić information content (AvgIpc) is 2.65. The molecule has 0 atom stereocenters. The smallest absolute Gasteiger partial charge is 0.147 e. The van der Waals surface area contributed by atoms with Gasteiger partial charge in [0.2, 0.25) is 0 Å². The van der Waals surface area contributed by atoms with E-state index in [0.717, 1.165) is 0 Å². The maximum atomic E-state index is 2.52. The van der Waals surface area contributed by atoms with Crippen LogP contribution in [-0.4, -0.2) is 24.5 Å². The van der Waals surface area contributed by atoms with Crippen LogP contribution in [0.1, 0.15) is 20.3 Å². The molecule has 0 heterocycles. The zero-order chi connectivity index (χ0) is 9.52. The van der Waals surface area contributed by atoms with Crippen LogP contribution in [-0.2, 0) is 19.2 Å². The molecule has 5 heteroatoms. The van der Waals surface area contributed by atoms with Gasteiger partial charge in [0.05, 0.1) is 0 Å². The molecule has 0 aliphatic heterocycles. The molecular formula is C11H22Cl3NTi. The zero-order valence-corrected chi connectivity index (χ0v) is 14.0. The van der Waals surface area contributed by atoms with Crippen LogP contribution in [0, 0.1) is 0 Å². The molecule has 0 saturated heterocycles. The van der Waals surface area contributed by atoms with E-state index in [9.17, 15) is 0 Å². The molecule has 0 saturated carbocycles. The maximum Gasteiger partial charge on any atom is -0.147 e. The van der Waals surface area contributed by atoms with Crippen LogP contribution in [0.5, 0.6) is 0 Å². The minimum Gasteiger partial charge on any atom is -0.147 e. The van der Waals surface area contributed by atoms with Crippen molar-refractivity contribution in [3.05, 3.63) is 22.1 Å². The molecule has 0 aromatic rings. The van der Waals surface area contributed by atoms with Crippen molar-refractivity contribution in [2.75, 3.05) is 19.6 Å². The van der Waals surface area contributed by atoms with Crippen molar-refractivity contribution >= 4 is 37.2 Å². The number of hydrogen-bond acceptors (Lipinski definition) is 1. The molecule has 0 aromatic carbocycles. The van der Waals surface area contributed by atoms with E-state index in [2.05, 4.69) is 37.0 Å². The third kappa shape index (κ3) is 9.10. The summed E-state index contributed by atoms with van der Waals surface area (Å²) in [7, 11) is 0. The van der Waals surface area contributed by atoms with E-state index >= 15 is 0 Å². The predicted molar refractivity (Wildman–Crippen MR) is 76.2 cm³/mol. The third-order valence-electron chi connectivity index (χ3n) is 2.45. The van der Waals surface area contributed by atoms with E-state index in [0.29, 0.717) is 0 Å². The summed E-state index contributed by atoms with van der Waals surface area (Å²) in [6, 6.07) is 0. The molecule has 96 valence electrons. The summed E-state index contributed by atoms with van der Waals surface area (Å²) >= 11 is 0.203. The zero-order valence-electron chi connectivity index (χ0n) is 9.94. The molecule has 0 aromatic heterocycles. The second-order valence-electron chi connectivity index (χ2n) is 3.28. The van der Waals surface area contributed by atoms with Crippen LogP contribution in [0.2, 0.25) is 4.73 Å². The molecule has 1 nitrogen and oxygen atoms in total. The summed E-state index contributed by atoms with van der Waals surface area (Å²) in [5.74, 6) is 0. The van der Waals surface area contributed by atoms with Gasteiger partial charge in [0.25, 0.3) is 0 Å². The van der Waals surface area contributed by atoms with Crippen molar-refractivity contribution in [3.8, 4) is 0 Å². The number of allylic oxidation sites excluding steroid dienone is 4. The predicted octanol–water partition coefficient (Wildman–Crippen LogP) is 3.94. The van der Waals surface area contributed by atoms with Gasteiger partial charge in [0.1, 0.15) is 0 Å². The number of hydrogen-bond donors (Lipinski definition) is 0. The van der Waals surface area contributed by atoms with Crippen LogP contribution in [0.4, 0.5) is 0 Å². The maximum absolute atomic E-state index is 2.52. The Morgan fingerprint density at radius 3 is 2.25 bits per heavy atom. The van der Waals surface area contributed by atoms with Gasteiger partial charge >= 0.3 is 90.8 Å². The fourth-order valence-corrected chi connectivity index (χ4v) is 3.41. The Hall–Kier alpha value is 1.02. The molecule has 0 amide bonds. The van der Waals surface area contributed by atoms with E-state index in [-0.39, 0.29) is 56.4 Å². The third-order valence-corrected chi connectivity index (χ3v) is 4.47. The Morgan fingerprint density at radius 2 is 1.81 bits per heavy atom. The molecule has 0 bridgehead atoms. The van der Waals surface area contributed by atoms with Crippen LogP contribution in [0.15, 0.2) is 22.1 Å². The molecule has 0 fully saturated rings. The average molecular weight is 323 g/mol. The van der Waals surface area contributed by atoms with Gasteiger partial charge in [-0.2, -0.15) is 0 Å². The second kappa shape index (κ2) is 14.1. The summed E-state index contributed by atoms with van der Waals surface area (Å²) in [6.07, 6.45) is 8.05. The quantitative estimate of drug-likeness (QED) is 0.670. The largest absolute Gasteiger partial charge is 0.147 e. The Labute approximate surface area is 127 Å². The Kier molecular flexibility index (Phi) is 19.6. The molecule has 0 spiro atoms. The van der Waals surface area contributed by atoms with E-state index in [4.69, 9.17) is 0 Å². The van der Waals surface area contributed by atoms with E-state index in [1.165, 1.54) is 30.8 Å². The number of nitrogens with zero attached hydrogens (tertiary/aromatic N) is 1. The van der Waals surface area contributed by atoms with Gasteiger partial charge < -0.3 is 0 Å². The molecular weight excluding hydrogens is 300 g/mol. The Bertz CT molecular complexity index is 203. The van der Waals surface area contributed by atoms with E-state index < -0.39 is 0 Å². The molecule has 1 rings (SSSR count). The normalized spacial score (nSPS) is 12.3. The van der Waals surface area contributed by atoms with Gasteiger partial charge in [-0.15, -0.1) is 37.2 Å². The van der Waals surface area contributed by atoms with Gasteiger partial charge in [-0.1, -0.05) is 0 Å². The summed E-state index contributed by atoms with van der Waals surface area (Å²) in [5.41, 5.74) is 0. The van der Waals surface area contributed by atoms with Gasteiger partial charge in [-0.25, -0.2) is 0 Å². The van der Waals surface area contributed by atoms with Crippen molar-refractivity contribution in [2.24, 2.45) is 0 Å². The molecule has 16 heavy (non-hydrogen) atoms. The monoisotopic (exact) mass is 321 g/mol. The Balaban J connectivity index is -0.000000563. The summed E-state index contributed by atoms with van der Waals surface area (Å²) in [6.45, 7) is 8.23. The van der Waals surface area contributed by atoms with Crippen LogP contribution in [0.25, 0.3) is 0 Å². The van der Waals surface area contributed by atoms with Crippen molar-refractivity contribution in [2.45, 2.75) is 25.0 Å². The number of rotatable bonds is 6. The minimum absolute atomic E-state index is 0. The first-order valence-corrected chi connectivity index (χ1v) is 7.07. The first-order chi connectivity index (χ1) is 6.36. The topological polar surface area (TPSA) is 3.24 Å². The SMILES string of the molecule is CCN(CC)C[CH2][Ti][C]1=CC=CC1.Cl.Cl.Cl. The molecule has 0 unspecified atom stereocenters. The first kappa shape index (κ1) is 22.2. The first-order valence-electron chi connectivity index (χ1n) is 5.18. The second-order valence-corrected chi connectivity index (χ2v) is 5.61. The standard InChI is InChI=1S/C6H14N.C5H5.3ClH.Ti/c1-4-7(5-2)6-3;1-2-4-5-3-1;;;;/h1,4-6H2,2-3H3;1-3H,4H2;3*1H;. The number of halogens is 3. The van der Waals surface area contributed by atoms with Crippen LogP contribution in [0.3, 0.4) is 0 Å². The van der Waals surface area contributed by atoms with Crippen molar-refractivity contribution < 1.29 is 19.2 Å². The minimum atomic E-state index is 0. The van der Waals surface area contributed by atoms with E-state index in [1.807, 2.05) is 0 Å². The molecule has 0 N–H and O–H groups in total. The van der Waals surface area contributed by atoms with Gasteiger partial charge in [-0.3, -0.25) is 0 Å². The molecule has 1 aliphatic rings. The van der Waals surface area contributed by atoms with Crippen molar-refractivity contribution in [1.29, 1.82) is 0 Å². The Morgan fingerprint density at radius 1 is 1.19 bits per heavy atom. The fourth-order valence-electron chi connectivity index (χ4n) is 1.49. The summed E-state index contributed by atoms with van der Waals surface area (Å²) in [4.78, 5) is 2.52. The van der Waals surface area contributed by atoms with Crippen molar-refractivity contribution in [1.82, 2.24) is 4.90 Å². The van der Waals surface area contributed by atoms with Gasteiger partial charge in [-0.05, 0) is 0 Å². The van der Waals surface area contributed by atoms with E-state index in [1.54, 1.807) is 3.88 Å². The molecule has 1 aliphatic carbocycles. The van der Waals surface area contributed by atoms with Crippen LogP contribution < -0.4 is 0 Å². The van der Waals surface area contributed by atoms with Gasteiger partial charge in [0.15, 0.2) is 0 Å². The van der Waals surface area contributed by atoms with Crippen molar-refractivity contribution in [3.63, 3.8) is 0 Å². The summed E-state index contributed by atoms with van der Waals surface area (Å²) < 4.78 is 3.17. The van der Waals surface area contributed by atoms with Crippen LogP contribution >= 0.6 is 37.2 Å².